The number of hydrogen-bond donors (Lipinski definition) is 1. The van der Waals surface area contributed by atoms with Gasteiger partial charge in [-0.2, -0.15) is 9.98 Å². The van der Waals surface area contributed by atoms with E-state index in [1.54, 1.807) is 35.3 Å². The highest BCUT2D eigenvalue weighted by atomic mass is 32.2. The van der Waals surface area contributed by atoms with Crippen molar-refractivity contribution in [2.45, 2.75) is 12.1 Å². The fourth-order valence-corrected chi connectivity index (χ4v) is 2.28. The van der Waals surface area contributed by atoms with E-state index in [4.69, 9.17) is 0 Å². The fourth-order valence-electron chi connectivity index (χ4n) is 0.743. The zero-order valence-electron chi connectivity index (χ0n) is 8.27. The van der Waals surface area contributed by atoms with Crippen LogP contribution in [0.5, 0.6) is 0 Å². The van der Waals surface area contributed by atoms with Crippen LogP contribution in [0.4, 0.5) is 5.95 Å². The van der Waals surface area contributed by atoms with Gasteiger partial charge in [0, 0.05) is 0 Å². The third-order valence-corrected chi connectivity index (χ3v) is 3.88. The highest BCUT2D eigenvalue weighted by Gasteiger charge is 2.02. The highest BCUT2D eigenvalue weighted by Crippen LogP contribution is 2.18. The Morgan fingerprint density at radius 2 is 2.14 bits per heavy atom. The van der Waals surface area contributed by atoms with E-state index >= 15 is 0 Å². The predicted octanol–water partition coefficient (Wildman–Crippen LogP) is 2.63. The van der Waals surface area contributed by atoms with E-state index in [9.17, 15) is 0 Å². The summed E-state index contributed by atoms with van der Waals surface area (Å²) in [6.07, 6.45) is 3.99. The molecule has 1 N–H and O–H groups in total. The summed E-state index contributed by atoms with van der Waals surface area (Å²) >= 11 is 4.81. The molecule has 0 spiro atoms. The van der Waals surface area contributed by atoms with E-state index in [0.29, 0.717) is 5.95 Å². The average Bonchev–Trinajstić information content (AvgIpc) is 2.63. The van der Waals surface area contributed by atoms with Crippen molar-refractivity contribution >= 4 is 45.6 Å². The Kier molecular flexibility index (Phi) is 5.42. The van der Waals surface area contributed by atoms with Crippen LogP contribution < -0.4 is 0 Å². The van der Waals surface area contributed by atoms with Gasteiger partial charge in [0.2, 0.25) is 11.1 Å². The lowest BCUT2D eigenvalue weighted by Crippen LogP contribution is -1.81. The summed E-state index contributed by atoms with van der Waals surface area (Å²) < 4.78 is 0.981. The van der Waals surface area contributed by atoms with E-state index in [1.807, 2.05) is 12.5 Å². The molecule has 14 heavy (non-hydrogen) atoms. The average molecular weight is 248 g/mol. The second kappa shape index (κ2) is 6.36. The third-order valence-electron chi connectivity index (χ3n) is 1.27. The largest absolute Gasteiger partial charge is 0.247 e. The summed E-state index contributed by atoms with van der Waals surface area (Å²) in [4.78, 5) is 8.52. The molecule has 0 saturated heterocycles. The molecule has 0 bridgehead atoms. The molecule has 0 aliphatic heterocycles. The van der Waals surface area contributed by atoms with Crippen molar-refractivity contribution in [2.24, 2.45) is 4.99 Å². The van der Waals surface area contributed by atoms with Gasteiger partial charge >= 0.3 is 0 Å². The minimum absolute atomic E-state index is 0.583. The zero-order valence-corrected chi connectivity index (χ0v) is 10.7. The molecular formula is C7H12N4S3. The van der Waals surface area contributed by atoms with Crippen LogP contribution in [0.15, 0.2) is 10.1 Å². The Balaban J connectivity index is 2.71. The molecule has 0 aliphatic carbocycles. The van der Waals surface area contributed by atoms with Gasteiger partial charge in [0.25, 0.3) is 0 Å². The van der Waals surface area contributed by atoms with Crippen LogP contribution in [-0.4, -0.2) is 37.8 Å². The van der Waals surface area contributed by atoms with Crippen molar-refractivity contribution in [3.8, 4) is 0 Å². The van der Waals surface area contributed by atoms with Gasteiger partial charge in [-0.05, 0) is 18.3 Å². The third kappa shape index (κ3) is 3.55. The number of aromatic nitrogens is 3. The van der Waals surface area contributed by atoms with Crippen molar-refractivity contribution in [3.05, 3.63) is 0 Å². The second-order valence-electron chi connectivity index (χ2n) is 2.16. The molecule has 78 valence electrons. The molecule has 0 fully saturated rings. The molecule has 0 amide bonds. The number of hydrogen-bond acceptors (Lipinski definition) is 6. The van der Waals surface area contributed by atoms with Crippen LogP contribution in [0.25, 0.3) is 0 Å². The van der Waals surface area contributed by atoms with Gasteiger partial charge in [0.15, 0.2) is 0 Å². The lowest BCUT2D eigenvalue weighted by molar-refractivity contribution is 0.973. The van der Waals surface area contributed by atoms with E-state index in [0.717, 1.165) is 15.3 Å². The van der Waals surface area contributed by atoms with Crippen LogP contribution in [-0.2, 0) is 0 Å². The number of rotatable bonds is 3. The topological polar surface area (TPSA) is 53.9 Å². The van der Waals surface area contributed by atoms with Crippen LogP contribution in [0, 0.1) is 0 Å². The van der Waals surface area contributed by atoms with E-state index in [-0.39, 0.29) is 0 Å². The SMILES string of the molecule is CCSc1n[nH]c(N=C(SC)SC)n1. The Morgan fingerprint density at radius 1 is 1.43 bits per heavy atom. The smallest absolute Gasteiger partial charge is 0.242 e. The Hall–Kier alpha value is -0.140. The molecule has 0 radical (unpaired) electrons. The molecule has 1 aromatic heterocycles. The standard InChI is InChI=1S/C7H12N4S3/c1-4-14-6-8-5(10-11-6)9-7(12-2)13-3/h4H2,1-3H3,(H,8,10,11). The quantitative estimate of drug-likeness (QED) is 0.506. The minimum Gasteiger partial charge on any atom is -0.242 e. The van der Waals surface area contributed by atoms with Gasteiger partial charge in [-0.25, -0.2) is 5.10 Å². The second-order valence-corrected chi connectivity index (χ2v) is 5.24. The molecule has 1 aromatic rings. The van der Waals surface area contributed by atoms with E-state index < -0.39 is 0 Å². The predicted molar refractivity (Wildman–Crippen MR) is 66.9 cm³/mol. The fraction of sp³-hybridized carbons (Fsp3) is 0.571. The monoisotopic (exact) mass is 248 g/mol. The maximum absolute atomic E-state index is 4.30. The Labute approximate surface area is 96.1 Å². The Morgan fingerprint density at radius 3 is 2.71 bits per heavy atom. The normalized spacial score (nSPS) is 10.2. The van der Waals surface area contributed by atoms with Gasteiger partial charge in [0.1, 0.15) is 4.38 Å². The molecule has 7 heteroatoms. The number of H-pyrrole nitrogens is 1. The lowest BCUT2D eigenvalue weighted by Gasteiger charge is -1.93. The zero-order chi connectivity index (χ0) is 10.4. The minimum atomic E-state index is 0.583. The molecule has 0 saturated carbocycles. The van der Waals surface area contributed by atoms with Gasteiger partial charge in [-0.3, -0.25) is 0 Å². The Bertz CT molecular complexity index is 304. The first kappa shape index (κ1) is 11.9. The maximum Gasteiger partial charge on any atom is 0.247 e. The van der Waals surface area contributed by atoms with Crippen LogP contribution in [0.2, 0.25) is 0 Å². The molecule has 0 aromatic carbocycles. The number of nitrogens with zero attached hydrogens (tertiary/aromatic N) is 3. The molecule has 4 nitrogen and oxygen atoms in total. The van der Waals surface area contributed by atoms with Crippen molar-refractivity contribution in [3.63, 3.8) is 0 Å². The number of nitrogens with one attached hydrogen (secondary N) is 1. The number of thioether (sulfide) groups is 3. The highest BCUT2D eigenvalue weighted by molar-refractivity contribution is 8.38. The molecule has 0 aliphatic rings. The first-order chi connectivity index (χ1) is 6.80. The first-order valence-electron chi connectivity index (χ1n) is 4.02. The van der Waals surface area contributed by atoms with Crippen molar-refractivity contribution in [2.75, 3.05) is 18.3 Å². The van der Waals surface area contributed by atoms with Gasteiger partial charge < -0.3 is 0 Å². The summed E-state index contributed by atoms with van der Waals surface area (Å²) in [6, 6.07) is 0. The number of aromatic amines is 1. The summed E-state index contributed by atoms with van der Waals surface area (Å²) in [6.45, 7) is 2.07. The number of aliphatic imine (C=N–C) groups is 1. The van der Waals surface area contributed by atoms with Crippen LogP contribution in [0.3, 0.4) is 0 Å². The van der Waals surface area contributed by atoms with Gasteiger partial charge in [-0.1, -0.05) is 18.7 Å². The van der Waals surface area contributed by atoms with E-state index in [2.05, 4.69) is 27.1 Å². The molecule has 1 rings (SSSR count). The summed E-state index contributed by atoms with van der Waals surface area (Å²) in [5, 5.41) is 7.58. The van der Waals surface area contributed by atoms with E-state index in [1.165, 1.54) is 0 Å². The summed E-state index contributed by atoms with van der Waals surface area (Å²) in [5.74, 6) is 1.55. The van der Waals surface area contributed by atoms with Gasteiger partial charge in [-0.15, -0.1) is 28.6 Å². The molecule has 0 atom stereocenters. The lowest BCUT2D eigenvalue weighted by atomic mass is 11.0. The van der Waals surface area contributed by atoms with Crippen molar-refractivity contribution in [1.82, 2.24) is 15.2 Å². The summed E-state index contributed by atoms with van der Waals surface area (Å²) in [7, 11) is 0. The maximum atomic E-state index is 4.30. The van der Waals surface area contributed by atoms with Crippen LogP contribution in [0.1, 0.15) is 6.92 Å². The molecule has 0 unspecified atom stereocenters. The summed E-state index contributed by atoms with van der Waals surface area (Å²) in [5.41, 5.74) is 0. The first-order valence-corrected chi connectivity index (χ1v) is 7.45. The van der Waals surface area contributed by atoms with Crippen molar-refractivity contribution < 1.29 is 0 Å². The molecule has 1 heterocycles. The van der Waals surface area contributed by atoms with Crippen LogP contribution >= 0.6 is 35.3 Å². The van der Waals surface area contributed by atoms with Gasteiger partial charge in [0.05, 0.1) is 0 Å². The van der Waals surface area contributed by atoms with Crippen molar-refractivity contribution in [1.29, 1.82) is 0 Å². The molecular weight excluding hydrogens is 236 g/mol.